The third kappa shape index (κ3) is 1.11. The van der Waals surface area contributed by atoms with E-state index in [1.165, 1.54) is 6.21 Å². The van der Waals surface area contributed by atoms with Crippen molar-refractivity contribution in [3.05, 3.63) is 22.0 Å². The summed E-state index contributed by atoms with van der Waals surface area (Å²) in [5.41, 5.74) is 0. The van der Waals surface area contributed by atoms with Crippen LogP contribution in [0.25, 0.3) is 0 Å². The molecule has 0 radical (unpaired) electrons. The molecule has 10 heavy (non-hydrogen) atoms. The van der Waals surface area contributed by atoms with E-state index in [0.29, 0.717) is 5.06 Å². The van der Waals surface area contributed by atoms with Gasteiger partial charge in [0.2, 0.25) is 6.67 Å². The van der Waals surface area contributed by atoms with Crippen LogP contribution in [0.5, 0.6) is 0 Å². The van der Waals surface area contributed by atoms with Gasteiger partial charge in [-0.05, 0) is 4.92 Å². The van der Waals surface area contributed by atoms with Gasteiger partial charge < -0.3 is 10.1 Å². The Morgan fingerprint density at radius 1 is 1.90 bits per heavy atom. The predicted octanol–water partition coefficient (Wildman–Crippen LogP) is -0.162. The van der Waals surface area contributed by atoms with Crippen LogP contribution in [-0.4, -0.2) is 28.1 Å². The van der Waals surface area contributed by atoms with E-state index in [9.17, 15) is 10.1 Å². The SMILES string of the molecule is O=[N+]([O-])C1=CC=NCN1O. The molecule has 0 aromatic carbocycles. The number of hydrogen-bond donors (Lipinski definition) is 1. The fourth-order valence-corrected chi connectivity index (χ4v) is 0.557. The monoisotopic (exact) mass is 143 g/mol. The number of hydrogen-bond acceptors (Lipinski definition) is 5. The van der Waals surface area contributed by atoms with Crippen LogP contribution >= 0.6 is 0 Å². The third-order valence-corrected chi connectivity index (χ3v) is 0.996. The highest BCUT2D eigenvalue weighted by Crippen LogP contribution is 2.03. The van der Waals surface area contributed by atoms with Gasteiger partial charge in [0.25, 0.3) is 0 Å². The topological polar surface area (TPSA) is 79.0 Å². The summed E-state index contributed by atoms with van der Waals surface area (Å²) in [5.74, 6) is -0.352. The maximum atomic E-state index is 10.0. The van der Waals surface area contributed by atoms with Gasteiger partial charge in [-0.25, -0.2) is 10.2 Å². The first kappa shape index (κ1) is 6.69. The summed E-state index contributed by atoms with van der Waals surface area (Å²) >= 11 is 0. The highest BCUT2D eigenvalue weighted by Gasteiger charge is 2.19. The molecule has 54 valence electrons. The molecule has 0 amide bonds. The van der Waals surface area contributed by atoms with Gasteiger partial charge in [0, 0.05) is 6.21 Å². The van der Waals surface area contributed by atoms with Crippen LogP contribution in [0.1, 0.15) is 0 Å². The summed E-state index contributed by atoms with van der Waals surface area (Å²) in [5, 5.41) is 19.3. The second-order valence-corrected chi connectivity index (χ2v) is 1.65. The number of nitro groups is 1. The molecule has 6 nitrogen and oxygen atoms in total. The van der Waals surface area contributed by atoms with E-state index in [1.807, 2.05) is 0 Å². The normalized spacial score (nSPS) is 16.9. The number of aliphatic imine (C=N–C) groups is 1. The maximum Gasteiger partial charge on any atom is 0.351 e. The molecular formula is C4H5N3O3. The molecule has 0 aromatic rings. The van der Waals surface area contributed by atoms with Crippen molar-refractivity contribution in [1.82, 2.24) is 5.06 Å². The summed E-state index contributed by atoms with van der Waals surface area (Å²) in [6.07, 6.45) is 2.41. The third-order valence-electron chi connectivity index (χ3n) is 0.996. The fraction of sp³-hybridized carbons (Fsp3) is 0.250. The smallest absolute Gasteiger partial charge is 0.351 e. The summed E-state index contributed by atoms with van der Waals surface area (Å²) < 4.78 is 0. The largest absolute Gasteiger partial charge is 0.358 e. The number of allylic oxidation sites excluding steroid dienone is 1. The summed E-state index contributed by atoms with van der Waals surface area (Å²) in [7, 11) is 0. The molecule has 0 saturated heterocycles. The van der Waals surface area contributed by atoms with Gasteiger partial charge >= 0.3 is 5.82 Å². The van der Waals surface area contributed by atoms with Crippen molar-refractivity contribution < 1.29 is 10.1 Å². The molecule has 1 aliphatic heterocycles. The Morgan fingerprint density at radius 3 is 3.00 bits per heavy atom. The molecule has 1 rings (SSSR count). The quantitative estimate of drug-likeness (QED) is 0.408. The first-order chi connectivity index (χ1) is 4.72. The van der Waals surface area contributed by atoms with Crippen LogP contribution in [0, 0.1) is 10.1 Å². The lowest BCUT2D eigenvalue weighted by atomic mass is 10.5. The Labute approximate surface area is 56.2 Å². The van der Waals surface area contributed by atoms with Crippen LogP contribution < -0.4 is 0 Å². The van der Waals surface area contributed by atoms with Crippen LogP contribution in [0.2, 0.25) is 0 Å². The molecule has 1 heterocycles. The zero-order valence-corrected chi connectivity index (χ0v) is 4.97. The van der Waals surface area contributed by atoms with Gasteiger partial charge in [0.05, 0.1) is 6.08 Å². The highest BCUT2D eigenvalue weighted by molar-refractivity contribution is 5.72. The van der Waals surface area contributed by atoms with E-state index in [1.54, 1.807) is 0 Å². The molecule has 0 saturated carbocycles. The van der Waals surface area contributed by atoms with E-state index in [4.69, 9.17) is 5.21 Å². The van der Waals surface area contributed by atoms with E-state index < -0.39 is 4.92 Å². The van der Waals surface area contributed by atoms with Crippen LogP contribution in [-0.2, 0) is 0 Å². The molecule has 0 spiro atoms. The van der Waals surface area contributed by atoms with Gasteiger partial charge in [0.1, 0.15) is 0 Å². The predicted molar refractivity (Wildman–Crippen MR) is 32.1 cm³/mol. The molecule has 0 aromatic heterocycles. The lowest BCUT2D eigenvalue weighted by molar-refractivity contribution is -0.465. The van der Waals surface area contributed by atoms with Crippen LogP contribution in [0.15, 0.2) is 16.9 Å². The molecule has 0 atom stereocenters. The summed E-state index contributed by atoms with van der Waals surface area (Å²) in [4.78, 5) is 12.9. The molecule has 0 unspecified atom stereocenters. The fourth-order valence-electron chi connectivity index (χ4n) is 0.557. The lowest BCUT2D eigenvalue weighted by Crippen LogP contribution is -2.26. The zero-order valence-electron chi connectivity index (χ0n) is 4.97. The number of hydroxylamine groups is 2. The summed E-state index contributed by atoms with van der Waals surface area (Å²) in [6, 6.07) is 0. The molecular weight excluding hydrogens is 138 g/mol. The maximum absolute atomic E-state index is 10.0. The molecule has 6 heteroatoms. The van der Waals surface area contributed by atoms with Gasteiger partial charge in [-0.2, -0.15) is 0 Å². The molecule has 0 bridgehead atoms. The van der Waals surface area contributed by atoms with Crippen molar-refractivity contribution >= 4 is 6.21 Å². The van der Waals surface area contributed by atoms with Gasteiger partial charge in [0.15, 0.2) is 0 Å². The Hall–Kier alpha value is -1.43. The number of nitrogens with zero attached hydrogens (tertiary/aromatic N) is 3. The Morgan fingerprint density at radius 2 is 2.60 bits per heavy atom. The van der Waals surface area contributed by atoms with Crippen molar-refractivity contribution in [3.63, 3.8) is 0 Å². The molecule has 0 aliphatic carbocycles. The van der Waals surface area contributed by atoms with E-state index in [0.717, 1.165) is 6.08 Å². The van der Waals surface area contributed by atoms with E-state index >= 15 is 0 Å². The van der Waals surface area contributed by atoms with Crippen molar-refractivity contribution in [2.75, 3.05) is 6.67 Å². The highest BCUT2D eigenvalue weighted by atomic mass is 16.6. The molecule has 0 fully saturated rings. The van der Waals surface area contributed by atoms with Gasteiger partial charge in [-0.3, -0.25) is 0 Å². The Balaban J connectivity index is 2.80. The van der Waals surface area contributed by atoms with Crippen LogP contribution in [0.3, 0.4) is 0 Å². The van der Waals surface area contributed by atoms with E-state index in [2.05, 4.69) is 4.99 Å². The minimum Gasteiger partial charge on any atom is -0.358 e. The van der Waals surface area contributed by atoms with Crippen molar-refractivity contribution in [2.24, 2.45) is 4.99 Å². The summed E-state index contributed by atoms with van der Waals surface area (Å²) in [6.45, 7) is -0.0766. The minimum atomic E-state index is -0.675. The second kappa shape index (κ2) is 2.44. The van der Waals surface area contributed by atoms with Crippen molar-refractivity contribution in [2.45, 2.75) is 0 Å². The van der Waals surface area contributed by atoms with Gasteiger partial charge in [-0.1, -0.05) is 5.06 Å². The second-order valence-electron chi connectivity index (χ2n) is 1.65. The minimum absolute atomic E-state index is 0.0766. The average Bonchev–Trinajstić information content (AvgIpc) is 1.88. The standard InChI is InChI=1S/C4H5N3O3/c8-6-3-5-2-1-4(6)7(9)10/h1-2,8H,3H2. The first-order valence-corrected chi connectivity index (χ1v) is 2.53. The number of rotatable bonds is 1. The first-order valence-electron chi connectivity index (χ1n) is 2.53. The van der Waals surface area contributed by atoms with Crippen molar-refractivity contribution in [1.29, 1.82) is 0 Å². The van der Waals surface area contributed by atoms with Gasteiger partial charge in [-0.15, -0.1) is 0 Å². The molecule has 1 N–H and O–H groups in total. The lowest BCUT2D eigenvalue weighted by Gasteiger charge is -2.09. The van der Waals surface area contributed by atoms with Crippen LogP contribution in [0.4, 0.5) is 0 Å². The molecule has 1 aliphatic rings. The average molecular weight is 143 g/mol. The zero-order chi connectivity index (χ0) is 7.56. The van der Waals surface area contributed by atoms with E-state index in [-0.39, 0.29) is 12.5 Å². The Kier molecular flexibility index (Phi) is 1.63. The van der Waals surface area contributed by atoms with Crippen molar-refractivity contribution in [3.8, 4) is 0 Å². The Bertz CT molecular complexity index is 210.